The number of amides is 1. The Morgan fingerprint density at radius 2 is 1.87 bits per heavy atom. The second-order valence-corrected chi connectivity index (χ2v) is 8.81. The highest BCUT2D eigenvalue weighted by molar-refractivity contribution is 6.30. The first-order valence-corrected chi connectivity index (χ1v) is 10.8. The third kappa shape index (κ3) is 3.41. The van der Waals surface area contributed by atoms with Crippen molar-refractivity contribution in [3.05, 3.63) is 58.0 Å². The van der Waals surface area contributed by atoms with Crippen molar-refractivity contribution in [2.45, 2.75) is 64.5 Å². The maximum atomic E-state index is 12.2. The fourth-order valence-corrected chi connectivity index (χ4v) is 4.93. The van der Waals surface area contributed by atoms with Gasteiger partial charge in [-0.15, -0.1) is 10.2 Å². The maximum Gasteiger partial charge on any atom is 0.220 e. The molecule has 0 unspecified atom stereocenters. The third-order valence-corrected chi connectivity index (χ3v) is 6.57. The summed E-state index contributed by atoms with van der Waals surface area (Å²) >= 11 is 6.27. The Hall–Kier alpha value is -2.67. The van der Waals surface area contributed by atoms with Gasteiger partial charge in [0.1, 0.15) is 11.6 Å². The van der Waals surface area contributed by atoms with Crippen LogP contribution >= 0.6 is 11.6 Å². The van der Waals surface area contributed by atoms with Crippen molar-refractivity contribution in [2.75, 3.05) is 0 Å². The van der Waals surface area contributed by atoms with Gasteiger partial charge in [0.05, 0.1) is 17.9 Å². The molecule has 2 aliphatic rings. The van der Waals surface area contributed by atoms with E-state index >= 15 is 0 Å². The Balaban J connectivity index is 1.47. The molecule has 3 heterocycles. The van der Waals surface area contributed by atoms with Crippen LogP contribution < -0.4 is 0 Å². The minimum absolute atomic E-state index is 0.0161. The lowest BCUT2D eigenvalue weighted by atomic mass is 9.80. The second kappa shape index (κ2) is 7.54. The van der Waals surface area contributed by atoms with Gasteiger partial charge in [-0.25, -0.2) is 0 Å². The number of hydrogen-bond acceptors (Lipinski definition) is 5. The highest BCUT2D eigenvalue weighted by Gasteiger charge is 2.32. The van der Waals surface area contributed by atoms with E-state index in [9.17, 15) is 4.79 Å². The van der Waals surface area contributed by atoms with Crippen LogP contribution in [-0.2, 0) is 17.9 Å². The average molecular weight is 426 g/mol. The number of fused-ring (bicyclic) bond motifs is 3. The van der Waals surface area contributed by atoms with Crippen LogP contribution in [0.15, 0.2) is 28.8 Å². The van der Waals surface area contributed by atoms with Gasteiger partial charge in [-0.1, -0.05) is 16.8 Å². The number of halogens is 1. The number of aromatic nitrogens is 4. The molecule has 0 N–H and O–H groups in total. The molecular weight excluding hydrogens is 402 g/mol. The van der Waals surface area contributed by atoms with Crippen molar-refractivity contribution >= 4 is 17.5 Å². The SMILES string of the molecule is CC(=O)N1Cc2cc(Cl)ccc2-n2c(nnc2C2CCC(c3cc(C)on3)CC2)C1. The minimum Gasteiger partial charge on any atom is -0.361 e. The first-order valence-electron chi connectivity index (χ1n) is 10.4. The number of hydrogen-bond donors (Lipinski definition) is 0. The van der Waals surface area contributed by atoms with Gasteiger partial charge >= 0.3 is 0 Å². The Labute approximate surface area is 180 Å². The summed E-state index contributed by atoms with van der Waals surface area (Å²) in [5.41, 5.74) is 3.10. The fraction of sp³-hybridized carbons (Fsp3) is 0.455. The van der Waals surface area contributed by atoms with Crippen LogP contribution in [0.4, 0.5) is 0 Å². The third-order valence-electron chi connectivity index (χ3n) is 6.33. The summed E-state index contributed by atoms with van der Waals surface area (Å²) in [6, 6.07) is 7.89. The zero-order chi connectivity index (χ0) is 20.8. The standard InChI is InChI=1S/C22H24ClN5O2/c1-13-9-19(26-30-13)15-3-5-16(6-4-15)22-25-24-21-12-27(14(2)29)11-17-10-18(23)7-8-20(17)28(21)22/h7-10,15-16H,3-6,11-12H2,1-2H3. The number of benzene rings is 1. The molecule has 1 aromatic carbocycles. The topological polar surface area (TPSA) is 77.0 Å². The summed E-state index contributed by atoms with van der Waals surface area (Å²) in [7, 11) is 0. The molecule has 7 nitrogen and oxygen atoms in total. The van der Waals surface area contributed by atoms with Crippen molar-refractivity contribution < 1.29 is 9.32 Å². The first-order chi connectivity index (χ1) is 14.5. The van der Waals surface area contributed by atoms with Crippen LogP contribution in [0.1, 0.15) is 73.1 Å². The van der Waals surface area contributed by atoms with Gasteiger partial charge in [0.25, 0.3) is 0 Å². The fourth-order valence-electron chi connectivity index (χ4n) is 4.74. The normalized spacial score (nSPS) is 21.1. The van der Waals surface area contributed by atoms with Crippen molar-refractivity contribution in [3.8, 4) is 5.69 Å². The van der Waals surface area contributed by atoms with E-state index in [0.717, 1.165) is 60.0 Å². The molecule has 1 saturated carbocycles. The molecule has 30 heavy (non-hydrogen) atoms. The van der Waals surface area contributed by atoms with E-state index in [-0.39, 0.29) is 5.91 Å². The molecule has 0 atom stereocenters. The van der Waals surface area contributed by atoms with Crippen LogP contribution in [0.2, 0.25) is 5.02 Å². The van der Waals surface area contributed by atoms with E-state index in [1.807, 2.05) is 31.2 Å². The smallest absolute Gasteiger partial charge is 0.220 e. The Kier molecular flexibility index (Phi) is 4.85. The zero-order valence-corrected chi connectivity index (χ0v) is 17.9. The molecule has 0 saturated heterocycles. The van der Waals surface area contributed by atoms with E-state index in [1.54, 1.807) is 11.8 Å². The Morgan fingerprint density at radius 3 is 2.57 bits per heavy atom. The largest absolute Gasteiger partial charge is 0.361 e. The average Bonchev–Trinajstić information content (AvgIpc) is 3.30. The number of carbonyl (C=O) groups is 1. The predicted octanol–water partition coefficient (Wildman–Crippen LogP) is 4.52. The van der Waals surface area contributed by atoms with Crippen LogP contribution in [0.3, 0.4) is 0 Å². The molecule has 0 radical (unpaired) electrons. The van der Waals surface area contributed by atoms with Gasteiger partial charge in [-0.2, -0.15) is 0 Å². The molecule has 1 aliphatic heterocycles. The number of rotatable bonds is 2. The molecule has 1 amide bonds. The number of aryl methyl sites for hydroxylation is 1. The van der Waals surface area contributed by atoms with Gasteiger partial charge in [0, 0.05) is 36.4 Å². The Morgan fingerprint density at radius 1 is 1.10 bits per heavy atom. The van der Waals surface area contributed by atoms with Crippen LogP contribution in [0.5, 0.6) is 0 Å². The summed E-state index contributed by atoms with van der Waals surface area (Å²) in [4.78, 5) is 13.9. The molecule has 3 aromatic rings. The van der Waals surface area contributed by atoms with Crippen molar-refractivity contribution in [3.63, 3.8) is 0 Å². The zero-order valence-electron chi connectivity index (χ0n) is 17.1. The lowest BCUT2D eigenvalue weighted by Gasteiger charge is -2.27. The summed E-state index contributed by atoms with van der Waals surface area (Å²) in [6.45, 7) is 4.49. The van der Waals surface area contributed by atoms with Gasteiger partial charge in [-0.3, -0.25) is 9.36 Å². The summed E-state index contributed by atoms with van der Waals surface area (Å²) in [5.74, 6) is 3.42. The van der Waals surface area contributed by atoms with Gasteiger partial charge in [0.15, 0.2) is 5.82 Å². The molecule has 156 valence electrons. The Bertz CT molecular complexity index is 1100. The summed E-state index contributed by atoms with van der Waals surface area (Å²) < 4.78 is 7.42. The summed E-state index contributed by atoms with van der Waals surface area (Å²) in [6.07, 6.45) is 4.14. The van der Waals surface area contributed by atoms with E-state index in [4.69, 9.17) is 16.1 Å². The highest BCUT2D eigenvalue weighted by atomic mass is 35.5. The molecule has 0 bridgehead atoms. The molecular formula is C22H24ClN5O2. The lowest BCUT2D eigenvalue weighted by molar-refractivity contribution is -0.130. The monoisotopic (exact) mass is 425 g/mol. The van der Waals surface area contributed by atoms with Crippen molar-refractivity contribution in [1.82, 2.24) is 24.8 Å². The second-order valence-electron chi connectivity index (χ2n) is 8.37. The molecule has 8 heteroatoms. The number of carbonyl (C=O) groups excluding carboxylic acids is 1. The molecule has 1 aliphatic carbocycles. The minimum atomic E-state index is 0.0161. The molecule has 1 fully saturated rings. The van der Waals surface area contributed by atoms with E-state index < -0.39 is 0 Å². The lowest BCUT2D eigenvalue weighted by Crippen LogP contribution is -2.27. The van der Waals surface area contributed by atoms with E-state index in [1.165, 1.54) is 0 Å². The molecule has 5 rings (SSSR count). The molecule has 2 aromatic heterocycles. The number of nitrogens with zero attached hydrogens (tertiary/aromatic N) is 5. The van der Waals surface area contributed by atoms with Crippen LogP contribution in [0, 0.1) is 6.92 Å². The molecule has 0 spiro atoms. The van der Waals surface area contributed by atoms with E-state index in [2.05, 4.69) is 19.9 Å². The van der Waals surface area contributed by atoms with Gasteiger partial charge < -0.3 is 9.42 Å². The predicted molar refractivity (Wildman–Crippen MR) is 111 cm³/mol. The summed E-state index contributed by atoms with van der Waals surface area (Å²) in [5, 5.41) is 14.0. The highest BCUT2D eigenvalue weighted by Crippen LogP contribution is 2.41. The maximum absolute atomic E-state index is 12.2. The first kappa shape index (κ1) is 19.3. The van der Waals surface area contributed by atoms with Crippen LogP contribution in [0.25, 0.3) is 5.69 Å². The van der Waals surface area contributed by atoms with Gasteiger partial charge in [-0.05, 0) is 56.4 Å². The van der Waals surface area contributed by atoms with Gasteiger partial charge in [0.2, 0.25) is 5.91 Å². The van der Waals surface area contributed by atoms with Crippen molar-refractivity contribution in [1.29, 1.82) is 0 Å². The van der Waals surface area contributed by atoms with Crippen molar-refractivity contribution in [2.24, 2.45) is 0 Å². The van der Waals surface area contributed by atoms with E-state index in [0.29, 0.717) is 29.9 Å². The van der Waals surface area contributed by atoms with Crippen LogP contribution in [-0.4, -0.2) is 30.7 Å². The quantitative estimate of drug-likeness (QED) is 0.603.